The number of amides is 2. The molecule has 4 aromatic rings. The zero-order valence-corrected chi connectivity index (χ0v) is 17.9. The van der Waals surface area contributed by atoms with E-state index >= 15 is 0 Å². The molecule has 0 radical (unpaired) electrons. The first-order valence-corrected chi connectivity index (χ1v) is 10.2. The van der Waals surface area contributed by atoms with Crippen molar-refractivity contribution in [2.45, 2.75) is 19.6 Å². The zero-order valence-electron chi connectivity index (χ0n) is 17.9. The van der Waals surface area contributed by atoms with Crippen molar-refractivity contribution in [1.82, 2.24) is 15.1 Å². The molecule has 0 aliphatic rings. The van der Waals surface area contributed by atoms with Gasteiger partial charge in [0.1, 0.15) is 0 Å². The van der Waals surface area contributed by atoms with Gasteiger partial charge in [-0.25, -0.2) is 4.68 Å². The quantitative estimate of drug-likeness (QED) is 0.418. The maximum Gasteiger partial charge on any atom is 0.416 e. The molecule has 0 aliphatic carbocycles. The van der Waals surface area contributed by atoms with E-state index in [4.69, 9.17) is 4.42 Å². The summed E-state index contributed by atoms with van der Waals surface area (Å²) in [4.78, 5) is 24.8. The number of nitrogens with one attached hydrogen (secondary N) is 2. The van der Waals surface area contributed by atoms with Gasteiger partial charge >= 0.3 is 6.18 Å². The molecule has 4 rings (SSSR count). The second kappa shape index (κ2) is 9.26. The van der Waals surface area contributed by atoms with Crippen LogP contribution in [0.1, 0.15) is 37.7 Å². The summed E-state index contributed by atoms with van der Waals surface area (Å²) < 4.78 is 45.4. The lowest BCUT2D eigenvalue weighted by Crippen LogP contribution is -2.23. The van der Waals surface area contributed by atoms with Crippen molar-refractivity contribution in [3.05, 3.63) is 101 Å². The number of halogens is 3. The maximum atomic E-state index is 13.0. The highest BCUT2D eigenvalue weighted by atomic mass is 19.4. The smallest absolute Gasteiger partial charge is 0.416 e. The predicted molar refractivity (Wildman–Crippen MR) is 118 cm³/mol. The lowest BCUT2D eigenvalue weighted by Gasteiger charge is -2.10. The number of nitrogens with zero attached hydrogens (tertiary/aromatic N) is 2. The molecular weight excluding hydrogens is 449 g/mol. The Morgan fingerprint density at radius 2 is 1.82 bits per heavy atom. The van der Waals surface area contributed by atoms with Crippen LogP contribution < -0.4 is 10.6 Å². The lowest BCUT2D eigenvalue weighted by atomic mass is 10.1. The van der Waals surface area contributed by atoms with Crippen molar-refractivity contribution in [2.75, 3.05) is 5.32 Å². The van der Waals surface area contributed by atoms with Gasteiger partial charge in [-0.05, 0) is 55.0 Å². The van der Waals surface area contributed by atoms with Crippen LogP contribution in [-0.4, -0.2) is 21.6 Å². The van der Waals surface area contributed by atoms with Gasteiger partial charge in [-0.1, -0.05) is 18.2 Å². The molecule has 0 fully saturated rings. The summed E-state index contributed by atoms with van der Waals surface area (Å²) in [6.45, 7) is 1.77. The summed E-state index contributed by atoms with van der Waals surface area (Å²) in [6, 6.07) is 14.8. The normalized spacial score (nSPS) is 11.3. The molecule has 2 N–H and O–H groups in total. The van der Waals surface area contributed by atoms with Gasteiger partial charge in [-0.3, -0.25) is 9.59 Å². The van der Waals surface area contributed by atoms with Crippen LogP contribution in [0.15, 0.2) is 77.5 Å². The van der Waals surface area contributed by atoms with Crippen LogP contribution >= 0.6 is 0 Å². The first kappa shape index (κ1) is 22.8. The molecule has 2 aromatic heterocycles. The average molecular weight is 468 g/mol. The largest absolute Gasteiger partial charge is 0.459 e. The standard InChI is InChI=1S/C24H19F3N4O3/c1-15-20(14-29-31(15)19-8-3-6-17(12-19)24(25,26)27)22(32)28-13-16-5-2-7-18(11-16)30-23(33)21-9-4-10-34-21/h2-12,14H,13H2,1H3,(H,28,32)(H,30,33). The molecule has 0 saturated carbocycles. The third kappa shape index (κ3) is 5.01. The van der Waals surface area contributed by atoms with E-state index in [1.165, 1.54) is 29.3 Å². The second-order valence-electron chi connectivity index (χ2n) is 7.42. The van der Waals surface area contributed by atoms with Gasteiger partial charge in [0.2, 0.25) is 0 Å². The number of carbonyl (C=O) groups excluding carboxylic acids is 2. The fourth-order valence-electron chi connectivity index (χ4n) is 3.34. The van der Waals surface area contributed by atoms with Gasteiger partial charge in [0, 0.05) is 12.2 Å². The SMILES string of the molecule is Cc1c(C(=O)NCc2cccc(NC(=O)c3ccco3)c2)cnn1-c1cccc(C(F)(F)F)c1. The number of hydrogen-bond acceptors (Lipinski definition) is 4. The minimum atomic E-state index is -4.48. The van der Waals surface area contributed by atoms with Gasteiger partial charge in [0.05, 0.1) is 35.0 Å². The molecule has 2 aromatic carbocycles. The summed E-state index contributed by atoms with van der Waals surface area (Å²) in [5.74, 6) is -0.656. The fourth-order valence-corrected chi connectivity index (χ4v) is 3.34. The molecule has 0 saturated heterocycles. The Hall–Kier alpha value is -4.34. The minimum absolute atomic E-state index is 0.164. The van der Waals surface area contributed by atoms with E-state index in [1.807, 2.05) is 0 Å². The van der Waals surface area contributed by atoms with Gasteiger partial charge in [0.15, 0.2) is 5.76 Å². The number of furan rings is 1. The molecule has 174 valence electrons. The predicted octanol–water partition coefficient (Wildman–Crippen LogP) is 4.97. The van der Waals surface area contributed by atoms with E-state index < -0.39 is 23.6 Å². The molecule has 0 unspecified atom stereocenters. The van der Waals surface area contributed by atoms with Crippen molar-refractivity contribution in [1.29, 1.82) is 0 Å². The Morgan fingerprint density at radius 1 is 1.03 bits per heavy atom. The summed E-state index contributed by atoms with van der Waals surface area (Å²) in [5.41, 5.74) is 1.29. The second-order valence-corrected chi connectivity index (χ2v) is 7.42. The first-order chi connectivity index (χ1) is 16.2. The number of alkyl halides is 3. The first-order valence-electron chi connectivity index (χ1n) is 10.2. The van der Waals surface area contributed by atoms with Crippen LogP contribution in [0.3, 0.4) is 0 Å². The molecule has 0 spiro atoms. The number of carbonyl (C=O) groups is 2. The van der Waals surface area contributed by atoms with E-state index in [0.717, 1.165) is 17.7 Å². The Balaban J connectivity index is 1.44. The number of benzene rings is 2. The molecule has 10 heteroatoms. The number of anilines is 1. The van der Waals surface area contributed by atoms with E-state index in [9.17, 15) is 22.8 Å². The number of aromatic nitrogens is 2. The fraction of sp³-hybridized carbons (Fsp3) is 0.125. The van der Waals surface area contributed by atoms with Crippen molar-refractivity contribution < 1.29 is 27.2 Å². The Labute approximate surface area is 192 Å². The van der Waals surface area contributed by atoms with Crippen LogP contribution in [-0.2, 0) is 12.7 Å². The third-order valence-corrected chi connectivity index (χ3v) is 5.06. The number of hydrogen-bond donors (Lipinski definition) is 2. The topological polar surface area (TPSA) is 89.2 Å². The van der Waals surface area contributed by atoms with Crippen LogP contribution in [0.4, 0.5) is 18.9 Å². The van der Waals surface area contributed by atoms with Gasteiger partial charge < -0.3 is 15.1 Å². The Morgan fingerprint density at radius 3 is 2.56 bits per heavy atom. The van der Waals surface area contributed by atoms with E-state index in [1.54, 1.807) is 43.3 Å². The molecule has 0 aliphatic heterocycles. The Bertz CT molecular complexity index is 1330. The highest BCUT2D eigenvalue weighted by molar-refractivity contribution is 6.02. The Kier molecular flexibility index (Phi) is 6.22. The molecule has 0 bridgehead atoms. The van der Waals surface area contributed by atoms with E-state index in [-0.39, 0.29) is 23.6 Å². The van der Waals surface area contributed by atoms with Crippen molar-refractivity contribution in [2.24, 2.45) is 0 Å². The van der Waals surface area contributed by atoms with Crippen molar-refractivity contribution >= 4 is 17.5 Å². The molecule has 0 atom stereocenters. The zero-order chi connectivity index (χ0) is 24.3. The van der Waals surface area contributed by atoms with Gasteiger partial charge in [-0.2, -0.15) is 18.3 Å². The number of rotatable bonds is 6. The third-order valence-electron chi connectivity index (χ3n) is 5.06. The van der Waals surface area contributed by atoms with E-state index in [2.05, 4.69) is 15.7 Å². The van der Waals surface area contributed by atoms with Crippen molar-refractivity contribution in [3.63, 3.8) is 0 Å². The van der Waals surface area contributed by atoms with Crippen LogP contribution in [0.25, 0.3) is 5.69 Å². The lowest BCUT2D eigenvalue weighted by molar-refractivity contribution is -0.137. The molecule has 34 heavy (non-hydrogen) atoms. The molecule has 7 nitrogen and oxygen atoms in total. The summed E-state index contributed by atoms with van der Waals surface area (Å²) in [7, 11) is 0. The van der Waals surface area contributed by atoms with Gasteiger partial charge in [-0.15, -0.1) is 0 Å². The minimum Gasteiger partial charge on any atom is -0.459 e. The van der Waals surface area contributed by atoms with Crippen LogP contribution in [0.5, 0.6) is 0 Å². The average Bonchev–Trinajstić information content (AvgIpc) is 3.47. The summed E-state index contributed by atoms with van der Waals surface area (Å²) in [6.07, 6.45) is -1.77. The highest BCUT2D eigenvalue weighted by Gasteiger charge is 2.30. The van der Waals surface area contributed by atoms with Crippen molar-refractivity contribution in [3.8, 4) is 5.69 Å². The maximum absolute atomic E-state index is 13.0. The highest BCUT2D eigenvalue weighted by Crippen LogP contribution is 2.30. The van der Waals surface area contributed by atoms with Crippen LogP contribution in [0, 0.1) is 6.92 Å². The van der Waals surface area contributed by atoms with E-state index in [0.29, 0.717) is 11.4 Å². The summed E-state index contributed by atoms with van der Waals surface area (Å²) >= 11 is 0. The molecular formula is C24H19F3N4O3. The monoisotopic (exact) mass is 468 g/mol. The van der Waals surface area contributed by atoms with Crippen LogP contribution in [0.2, 0.25) is 0 Å². The molecule has 2 heterocycles. The summed E-state index contributed by atoms with van der Waals surface area (Å²) in [5, 5.41) is 9.56. The van der Waals surface area contributed by atoms with Gasteiger partial charge in [0.25, 0.3) is 11.8 Å². The molecule has 2 amide bonds.